The molecule has 36 heavy (non-hydrogen) atoms. The molecule has 2 fully saturated rings. The Bertz CT molecular complexity index is 998. The minimum atomic E-state index is -1.17. The highest BCUT2D eigenvalue weighted by molar-refractivity contribution is 5.87. The molecule has 5 heteroatoms. The molecule has 2 saturated carbocycles. The van der Waals surface area contributed by atoms with Gasteiger partial charge in [-0.25, -0.2) is 4.79 Å². The highest BCUT2D eigenvalue weighted by atomic mass is 16.7. The van der Waals surface area contributed by atoms with E-state index in [2.05, 4.69) is 10.4 Å². The number of hydroxylamine groups is 2. The van der Waals surface area contributed by atoms with Gasteiger partial charge in [0, 0.05) is 12.1 Å². The van der Waals surface area contributed by atoms with E-state index in [4.69, 9.17) is 9.25 Å². The third-order valence-corrected chi connectivity index (χ3v) is 7.89. The van der Waals surface area contributed by atoms with Gasteiger partial charge in [-0.1, -0.05) is 99.2 Å². The van der Waals surface area contributed by atoms with E-state index >= 15 is 0 Å². The van der Waals surface area contributed by atoms with Crippen molar-refractivity contribution in [1.82, 2.24) is 10.4 Å². The van der Waals surface area contributed by atoms with Crippen LogP contribution in [0.4, 0.5) is 0 Å². The Labute approximate surface area is 214 Å². The van der Waals surface area contributed by atoms with Crippen LogP contribution in [0.2, 0.25) is 0 Å². The number of furan rings is 1. The molecule has 0 bridgehead atoms. The number of rotatable bonds is 9. The van der Waals surface area contributed by atoms with Gasteiger partial charge in [0.05, 0.1) is 12.8 Å². The summed E-state index contributed by atoms with van der Waals surface area (Å²) in [5.74, 6) is 0.498. The molecule has 0 amide bonds. The van der Waals surface area contributed by atoms with E-state index in [9.17, 15) is 4.79 Å². The first-order chi connectivity index (χ1) is 17.8. The molecule has 0 atom stereocenters. The first-order valence-corrected chi connectivity index (χ1v) is 13.7. The van der Waals surface area contributed by atoms with Crippen LogP contribution in [0.1, 0.15) is 81.1 Å². The Hall–Kier alpha value is -2.89. The van der Waals surface area contributed by atoms with E-state index in [-0.39, 0.29) is 5.97 Å². The van der Waals surface area contributed by atoms with Crippen LogP contribution in [-0.4, -0.2) is 23.1 Å². The van der Waals surface area contributed by atoms with Gasteiger partial charge < -0.3 is 9.25 Å². The number of nitrogens with one attached hydrogen (secondary N) is 1. The molecule has 2 aliphatic rings. The molecule has 0 unspecified atom stereocenters. The van der Waals surface area contributed by atoms with Crippen LogP contribution in [0.5, 0.6) is 0 Å². The molecule has 0 saturated heterocycles. The smallest absolute Gasteiger partial charge is 0.354 e. The van der Waals surface area contributed by atoms with Gasteiger partial charge in [-0.05, 0) is 48.9 Å². The summed E-state index contributed by atoms with van der Waals surface area (Å²) in [6.45, 7) is 0.402. The number of hydrogen-bond donors (Lipinski definition) is 1. The van der Waals surface area contributed by atoms with E-state index in [0.29, 0.717) is 18.6 Å². The second kappa shape index (κ2) is 11.9. The standard InChI is InChI=1S/C31H38N2O3/c34-30(36-33(27-18-9-3-10-19-27)28-20-11-4-12-21-28)31(25-14-5-1-6-15-25,26-16-7-2-8-17-26)32-24-29-22-13-23-35-29/h1-2,5-8,13-17,22-23,27-28,32H,3-4,9-12,18-21,24H2. The SMILES string of the molecule is O=C(ON(C1CCCCC1)C1CCCCC1)C(NCc1ccco1)(c1ccccc1)c1ccccc1. The summed E-state index contributed by atoms with van der Waals surface area (Å²) >= 11 is 0. The maximum atomic E-state index is 14.6. The summed E-state index contributed by atoms with van der Waals surface area (Å²) in [4.78, 5) is 21.1. The zero-order chi connectivity index (χ0) is 24.6. The summed E-state index contributed by atoms with van der Waals surface area (Å²) in [7, 11) is 0. The predicted octanol–water partition coefficient (Wildman–Crippen LogP) is 6.74. The van der Waals surface area contributed by atoms with Gasteiger partial charge in [-0.15, -0.1) is 5.06 Å². The van der Waals surface area contributed by atoms with Gasteiger partial charge in [-0.3, -0.25) is 5.32 Å². The normalized spacial score (nSPS) is 17.8. The molecule has 2 aromatic carbocycles. The molecule has 1 aromatic heterocycles. The lowest BCUT2D eigenvalue weighted by molar-refractivity contribution is -0.228. The molecule has 0 spiro atoms. The molecule has 1 heterocycles. The van der Waals surface area contributed by atoms with Crippen molar-refractivity contribution in [2.75, 3.05) is 0 Å². The zero-order valence-corrected chi connectivity index (χ0v) is 21.1. The topological polar surface area (TPSA) is 54.7 Å². The molecule has 5 rings (SSSR count). The summed E-state index contributed by atoms with van der Waals surface area (Å²) < 4.78 is 5.63. The largest absolute Gasteiger partial charge is 0.468 e. The maximum absolute atomic E-state index is 14.6. The van der Waals surface area contributed by atoms with E-state index in [1.165, 1.54) is 38.5 Å². The average Bonchev–Trinajstić information content (AvgIpc) is 3.48. The van der Waals surface area contributed by atoms with Crippen molar-refractivity contribution in [2.24, 2.45) is 0 Å². The van der Waals surface area contributed by atoms with Crippen LogP contribution in [-0.2, 0) is 21.7 Å². The predicted molar refractivity (Wildman–Crippen MR) is 141 cm³/mol. The van der Waals surface area contributed by atoms with Crippen molar-refractivity contribution in [3.8, 4) is 0 Å². The number of carbonyl (C=O) groups is 1. The number of carbonyl (C=O) groups excluding carboxylic acids is 1. The van der Waals surface area contributed by atoms with Crippen molar-refractivity contribution in [2.45, 2.75) is 88.4 Å². The molecule has 3 aromatic rings. The van der Waals surface area contributed by atoms with E-state index < -0.39 is 5.54 Å². The minimum absolute atomic E-state index is 0.275. The summed E-state index contributed by atoms with van der Waals surface area (Å²) in [5.41, 5.74) is 0.552. The zero-order valence-electron chi connectivity index (χ0n) is 21.1. The highest BCUT2D eigenvalue weighted by Gasteiger charge is 2.46. The highest BCUT2D eigenvalue weighted by Crippen LogP contribution is 2.36. The Kier molecular flexibility index (Phi) is 8.19. The number of benzene rings is 2. The summed E-state index contributed by atoms with van der Waals surface area (Å²) in [6.07, 6.45) is 13.4. The lowest BCUT2D eigenvalue weighted by Gasteiger charge is -2.42. The Morgan fingerprint density at radius 2 is 1.31 bits per heavy atom. The lowest BCUT2D eigenvalue weighted by atomic mass is 9.82. The third-order valence-electron chi connectivity index (χ3n) is 7.89. The van der Waals surface area contributed by atoms with Gasteiger partial charge >= 0.3 is 5.97 Å². The molecule has 2 aliphatic carbocycles. The molecule has 0 aliphatic heterocycles. The minimum Gasteiger partial charge on any atom is -0.468 e. The van der Waals surface area contributed by atoms with Crippen LogP contribution in [0.25, 0.3) is 0 Å². The summed E-state index contributed by atoms with van der Waals surface area (Å²) in [6, 6.07) is 24.3. The lowest BCUT2D eigenvalue weighted by Crippen LogP contribution is -2.55. The molecule has 0 radical (unpaired) electrons. The van der Waals surface area contributed by atoms with Gasteiger partial charge in [0.1, 0.15) is 5.76 Å². The van der Waals surface area contributed by atoms with Crippen molar-refractivity contribution >= 4 is 5.97 Å². The average molecular weight is 487 g/mol. The van der Waals surface area contributed by atoms with Crippen LogP contribution in [0, 0.1) is 0 Å². The quantitative estimate of drug-likeness (QED) is 0.340. The van der Waals surface area contributed by atoms with Gasteiger partial charge in [-0.2, -0.15) is 0 Å². The van der Waals surface area contributed by atoms with Crippen molar-refractivity contribution in [1.29, 1.82) is 0 Å². The Balaban J connectivity index is 1.54. The van der Waals surface area contributed by atoms with Gasteiger partial charge in [0.2, 0.25) is 0 Å². The van der Waals surface area contributed by atoms with E-state index in [0.717, 1.165) is 42.6 Å². The fourth-order valence-electron chi connectivity index (χ4n) is 5.97. The maximum Gasteiger partial charge on any atom is 0.354 e. The van der Waals surface area contributed by atoms with Crippen LogP contribution >= 0.6 is 0 Å². The number of nitrogens with zero attached hydrogens (tertiary/aromatic N) is 1. The molecular weight excluding hydrogens is 448 g/mol. The van der Waals surface area contributed by atoms with E-state index in [1.54, 1.807) is 6.26 Å². The first kappa shape index (κ1) is 24.8. The third kappa shape index (κ3) is 5.42. The molecular formula is C31H38N2O3. The fourth-order valence-corrected chi connectivity index (χ4v) is 5.97. The Morgan fingerprint density at radius 3 is 1.78 bits per heavy atom. The van der Waals surface area contributed by atoms with Crippen LogP contribution in [0.15, 0.2) is 83.5 Å². The number of hydrogen-bond acceptors (Lipinski definition) is 5. The van der Waals surface area contributed by atoms with Crippen LogP contribution < -0.4 is 5.32 Å². The van der Waals surface area contributed by atoms with Crippen molar-refractivity contribution in [3.05, 3.63) is 95.9 Å². The van der Waals surface area contributed by atoms with Gasteiger partial charge in [0.25, 0.3) is 0 Å². The monoisotopic (exact) mass is 486 g/mol. The molecule has 1 N–H and O–H groups in total. The Morgan fingerprint density at radius 1 is 0.778 bits per heavy atom. The molecule has 190 valence electrons. The second-order valence-corrected chi connectivity index (χ2v) is 10.2. The van der Waals surface area contributed by atoms with Crippen molar-refractivity contribution < 1.29 is 14.0 Å². The van der Waals surface area contributed by atoms with Crippen molar-refractivity contribution in [3.63, 3.8) is 0 Å². The fraction of sp³-hybridized carbons (Fsp3) is 0.452. The molecule has 5 nitrogen and oxygen atoms in total. The second-order valence-electron chi connectivity index (χ2n) is 10.2. The summed E-state index contributed by atoms with van der Waals surface area (Å²) in [5, 5.41) is 5.71. The van der Waals surface area contributed by atoms with Gasteiger partial charge in [0.15, 0.2) is 5.54 Å². The van der Waals surface area contributed by atoms with E-state index in [1.807, 2.05) is 72.8 Å². The van der Waals surface area contributed by atoms with Crippen LogP contribution in [0.3, 0.4) is 0 Å². The first-order valence-electron chi connectivity index (χ1n) is 13.7.